The summed E-state index contributed by atoms with van der Waals surface area (Å²) in [4.78, 5) is 7.04. The molecular formula is C16H28N4O. The highest BCUT2D eigenvalue weighted by molar-refractivity contribution is 5.00. The van der Waals surface area contributed by atoms with Crippen LogP contribution in [0.25, 0.3) is 0 Å². The third kappa shape index (κ3) is 3.64. The van der Waals surface area contributed by atoms with Crippen LogP contribution in [0.3, 0.4) is 0 Å². The summed E-state index contributed by atoms with van der Waals surface area (Å²) >= 11 is 0. The van der Waals surface area contributed by atoms with Gasteiger partial charge in [0, 0.05) is 18.0 Å². The summed E-state index contributed by atoms with van der Waals surface area (Å²) in [5.41, 5.74) is -0.0417. The van der Waals surface area contributed by atoms with Crippen LogP contribution in [0, 0.1) is 5.92 Å². The fourth-order valence-corrected chi connectivity index (χ4v) is 3.49. The Labute approximate surface area is 127 Å². The van der Waals surface area contributed by atoms with Gasteiger partial charge in [-0.05, 0) is 44.7 Å². The molecule has 3 heterocycles. The molecule has 0 saturated carbocycles. The summed E-state index contributed by atoms with van der Waals surface area (Å²) in [7, 11) is 0. The van der Waals surface area contributed by atoms with Gasteiger partial charge in [0.25, 0.3) is 0 Å². The van der Waals surface area contributed by atoms with Gasteiger partial charge in [0.2, 0.25) is 5.89 Å². The molecule has 0 amide bonds. The predicted octanol–water partition coefficient (Wildman–Crippen LogP) is 2.33. The number of piperidine rings is 1. The molecule has 2 fully saturated rings. The minimum Gasteiger partial charge on any atom is -0.338 e. The van der Waals surface area contributed by atoms with Gasteiger partial charge in [-0.3, -0.25) is 4.90 Å². The lowest BCUT2D eigenvalue weighted by atomic mass is 9.90. The average Bonchev–Trinajstić information content (AvgIpc) is 3.09. The van der Waals surface area contributed by atoms with Gasteiger partial charge in [-0.1, -0.05) is 25.9 Å². The first-order chi connectivity index (χ1) is 10.0. The van der Waals surface area contributed by atoms with Gasteiger partial charge in [-0.15, -0.1) is 0 Å². The zero-order valence-corrected chi connectivity index (χ0v) is 13.6. The van der Waals surface area contributed by atoms with E-state index in [1.165, 1.54) is 32.2 Å². The van der Waals surface area contributed by atoms with Crippen molar-refractivity contribution in [3.8, 4) is 0 Å². The number of nitrogens with one attached hydrogen (secondary N) is 1. The van der Waals surface area contributed by atoms with Crippen molar-refractivity contribution in [2.24, 2.45) is 5.92 Å². The lowest BCUT2D eigenvalue weighted by Crippen LogP contribution is -2.43. The summed E-state index contributed by atoms with van der Waals surface area (Å²) in [5.74, 6) is 2.36. The number of rotatable bonds is 3. The van der Waals surface area contributed by atoms with Crippen LogP contribution in [-0.2, 0) is 12.0 Å². The molecule has 2 aliphatic rings. The number of nitrogens with zero attached hydrogens (tertiary/aromatic N) is 3. The van der Waals surface area contributed by atoms with Crippen molar-refractivity contribution in [3.05, 3.63) is 11.7 Å². The molecule has 118 valence electrons. The van der Waals surface area contributed by atoms with E-state index in [1.54, 1.807) is 0 Å². The summed E-state index contributed by atoms with van der Waals surface area (Å²) in [6.45, 7) is 10.6. The third-order valence-electron chi connectivity index (χ3n) is 4.71. The molecule has 0 radical (unpaired) electrons. The fourth-order valence-electron chi connectivity index (χ4n) is 3.49. The van der Waals surface area contributed by atoms with E-state index in [9.17, 15) is 0 Å². The van der Waals surface area contributed by atoms with Crippen molar-refractivity contribution < 1.29 is 4.52 Å². The molecular weight excluding hydrogens is 264 g/mol. The van der Waals surface area contributed by atoms with E-state index < -0.39 is 0 Å². The van der Waals surface area contributed by atoms with Crippen LogP contribution in [0.5, 0.6) is 0 Å². The largest absolute Gasteiger partial charge is 0.338 e. The first-order valence-electron chi connectivity index (χ1n) is 8.31. The van der Waals surface area contributed by atoms with Crippen molar-refractivity contribution in [2.45, 2.75) is 64.5 Å². The molecule has 2 unspecified atom stereocenters. The number of hydrogen-bond donors (Lipinski definition) is 1. The van der Waals surface area contributed by atoms with Gasteiger partial charge in [-0.25, -0.2) is 0 Å². The Balaban J connectivity index is 1.58. The van der Waals surface area contributed by atoms with Gasteiger partial charge < -0.3 is 9.84 Å². The maximum Gasteiger partial charge on any atom is 0.240 e. The summed E-state index contributed by atoms with van der Waals surface area (Å²) < 4.78 is 5.44. The smallest absolute Gasteiger partial charge is 0.240 e. The van der Waals surface area contributed by atoms with Crippen LogP contribution in [-0.4, -0.2) is 40.7 Å². The van der Waals surface area contributed by atoms with E-state index in [2.05, 4.69) is 41.1 Å². The molecule has 1 aromatic rings. The molecule has 5 nitrogen and oxygen atoms in total. The zero-order valence-electron chi connectivity index (χ0n) is 13.6. The summed E-state index contributed by atoms with van der Waals surface area (Å²) in [5, 5.41) is 7.78. The molecule has 21 heavy (non-hydrogen) atoms. The Kier molecular flexibility index (Phi) is 4.31. The van der Waals surface area contributed by atoms with Gasteiger partial charge in [-0.2, -0.15) is 4.98 Å². The maximum absolute atomic E-state index is 5.44. The second-order valence-electron chi connectivity index (χ2n) is 7.60. The third-order valence-corrected chi connectivity index (χ3v) is 4.71. The lowest BCUT2D eigenvalue weighted by molar-refractivity contribution is 0.131. The normalized spacial score (nSPS) is 28.1. The summed E-state index contributed by atoms with van der Waals surface area (Å²) in [6.07, 6.45) is 5.31. The van der Waals surface area contributed by atoms with Crippen LogP contribution >= 0.6 is 0 Å². The Bertz CT molecular complexity index is 459. The fraction of sp³-hybridized carbons (Fsp3) is 0.875. The topological polar surface area (TPSA) is 54.2 Å². The molecule has 1 N–H and O–H groups in total. The Morgan fingerprint density at radius 2 is 2.14 bits per heavy atom. The quantitative estimate of drug-likeness (QED) is 0.926. The zero-order chi connectivity index (χ0) is 14.9. The second kappa shape index (κ2) is 6.05. The summed E-state index contributed by atoms with van der Waals surface area (Å²) in [6, 6.07) is 0.723. The number of likely N-dealkylation sites (tertiary alicyclic amines) is 1. The highest BCUT2D eigenvalue weighted by atomic mass is 16.5. The number of hydrogen-bond acceptors (Lipinski definition) is 5. The standard InChI is InChI=1S/C16H28N4O/c1-16(2,3)15-18-14(21-19-15)11-20-9-5-6-12(10-20)13-7-4-8-17-13/h12-13,17H,4-11H2,1-3H3. The van der Waals surface area contributed by atoms with E-state index in [-0.39, 0.29) is 5.41 Å². The van der Waals surface area contributed by atoms with Crippen molar-refractivity contribution >= 4 is 0 Å². The van der Waals surface area contributed by atoms with E-state index in [4.69, 9.17) is 4.52 Å². The van der Waals surface area contributed by atoms with Gasteiger partial charge in [0.05, 0.1) is 6.54 Å². The Morgan fingerprint density at radius 3 is 2.81 bits per heavy atom. The second-order valence-corrected chi connectivity index (χ2v) is 7.60. The van der Waals surface area contributed by atoms with Crippen LogP contribution in [0.1, 0.15) is 58.2 Å². The molecule has 5 heteroatoms. The van der Waals surface area contributed by atoms with Crippen LogP contribution in [0.2, 0.25) is 0 Å². The van der Waals surface area contributed by atoms with Crippen molar-refractivity contribution in [3.63, 3.8) is 0 Å². The molecule has 0 aromatic carbocycles. The Morgan fingerprint density at radius 1 is 1.29 bits per heavy atom. The molecule has 0 spiro atoms. The highest BCUT2D eigenvalue weighted by Gasteiger charge is 2.30. The predicted molar refractivity (Wildman–Crippen MR) is 82.0 cm³/mol. The Hall–Kier alpha value is -0.940. The molecule has 0 bridgehead atoms. The number of aromatic nitrogens is 2. The van der Waals surface area contributed by atoms with Crippen molar-refractivity contribution in [1.82, 2.24) is 20.4 Å². The minimum atomic E-state index is -0.0417. The first kappa shape index (κ1) is 15.0. The van der Waals surface area contributed by atoms with E-state index in [0.717, 1.165) is 43.3 Å². The molecule has 2 saturated heterocycles. The van der Waals surface area contributed by atoms with Gasteiger partial charge in [0.1, 0.15) is 0 Å². The van der Waals surface area contributed by atoms with Crippen molar-refractivity contribution in [2.75, 3.05) is 19.6 Å². The molecule has 2 aliphatic heterocycles. The van der Waals surface area contributed by atoms with E-state index in [1.807, 2.05) is 0 Å². The molecule has 2 atom stereocenters. The van der Waals surface area contributed by atoms with Crippen LogP contribution < -0.4 is 5.32 Å². The van der Waals surface area contributed by atoms with Gasteiger partial charge >= 0.3 is 0 Å². The van der Waals surface area contributed by atoms with Crippen LogP contribution in [0.4, 0.5) is 0 Å². The van der Waals surface area contributed by atoms with E-state index >= 15 is 0 Å². The molecule has 3 rings (SSSR count). The monoisotopic (exact) mass is 292 g/mol. The molecule has 1 aromatic heterocycles. The van der Waals surface area contributed by atoms with E-state index in [0.29, 0.717) is 0 Å². The highest BCUT2D eigenvalue weighted by Crippen LogP contribution is 2.26. The van der Waals surface area contributed by atoms with Crippen molar-refractivity contribution in [1.29, 1.82) is 0 Å². The maximum atomic E-state index is 5.44. The lowest BCUT2D eigenvalue weighted by Gasteiger charge is -2.35. The minimum absolute atomic E-state index is 0.0417. The molecule has 0 aliphatic carbocycles. The first-order valence-corrected chi connectivity index (χ1v) is 8.31. The SMILES string of the molecule is CC(C)(C)c1noc(CN2CCCC(C3CCCN3)C2)n1. The average molecular weight is 292 g/mol. The van der Waals surface area contributed by atoms with Crippen LogP contribution in [0.15, 0.2) is 4.52 Å². The van der Waals surface area contributed by atoms with Gasteiger partial charge in [0.15, 0.2) is 5.82 Å².